The van der Waals surface area contributed by atoms with Crippen LogP contribution in [0.2, 0.25) is 10.0 Å². The van der Waals surface area contributed by atoms with Gasteiger partial charge in [-0.1, -0.05) is 45.2 Å². The second kappa shape index (κ2) is 7.30. The molecule has 0 atom stereocenters. The summed E-state index contributed by atoms with van der Waals surface area (Å²) >= 11 is 15.3. The molecule has 21 heavy (non-hydrogen) atoms. The Hall–Kier alpha value is -1.03. The van der Waals surface area contributed by atoms with E-state index < -0.39 is 0 Å². The van der Waals surface area contributed by atoms with Crippen LogP contribution in [0.5, 0.6) is 5.75 Å². The van der Waals surface area contributed by atoms with Gasteiger partial charge in [0.2, 0.25) is 0 Å². The average Bonchev–Trinajstić information content (AvgIpc) is 2.45. The first kappa shape index (κ1) is 16.3. The summed E-state index contributed by atoms with van der Waals surface area (Å²) in [4.78, 5) is 12.2. The van der Waals surface area contributed by atoms with E-state index in [0.717, 1.165) is 21.3 Å². The summed E-state index contributed by atoms with van der Waals surface area (Å²) in [5.41, 5.74) is 1.76. The van der Waals surface area contributed by atoms with Crippen LogP contribution in [0.15, 0.2) is 40.9 Å². The monoisotopic (exact) mass is 386 g/mol. The molecule has 0 aliphatic carbocycles. The average molecular weight is 388 g/mol. The van der Waals surface area contributed by atoms with Gasteiger partial charge >= 0.3 is 0 Å². The molecular weight excluding hydrogens is 375 g/mol. The molecule has 0 heterocycles. The standard InChI is InChI=1S/C16H13BrCl2O2/c1-21-13-3-4-14(17)11(9-13)8-12(20)6-10-2-5-15(18)16(19)7-10/h2-5,7,9H,6,8H2,1H3. The highest BCUT2D eigenvalue weighted by Crippen LogP contribution is 2.25. The Morgan fingerprint density at radius 3 is 2.52 bits per heavy atom. The van der Waals surface area contributed by atoms with Crippen LogP contribution in [0.1, 0.15) is 11.1 Å². The van der Waals surface area contributed by atoms with Gasteiger partial charge < -0.3 is 4.74 Å². The first-order valence-corrected chi connectivity index (χ1v) is 7.82. The number of hydrogen-bond acceptors (Lipinski definition) is 2. The molecule has 0 radical (unpaired) electrons. The van der Waals surface area contributed by atoms with Crippen molar-refractivity contribution in [2.45, 2.75) is 12.8 Å². The molecule has 0 saturated carbocycles. The van der Waals surface area contributed by atoms with E-state index >= 15 is 0 Å². The lowest BCUT2D eigenvalue weighted by Crippen LogP contribution is -2.07. The van der Waals surface area contributed by atoms with Crippen molar-refractivity contribution in [3.8, 4) is 5.75 Å². The minimum absolute atomic E-state index is 0.0994. The summed E-state index contributed by atoms with van der Waals surface area (Å²) in [5, 5.41) is 0.952. The van der Waals surface area contributed by atoms with Crippen LogP contribution in [0.4, 0.5) is 0 Å². The minimum atomic E-state index is 0.0994. The number of Topliss-reactive ketones (excluding diaryl/α,β-unsaturated/α-hetero) is 1. The fraction of sp³-hybridized carbons (Fsp3) is 0.188. The second-order valence-electron chi connectivity index (χ2n) is 4.60. The molecule has 0 N–H and O–H groups in total. The molecule has 0 amide bonds. The molecule has 0 aliphatic rings. The highest BCUT2D eigenvalue weighted by Gasteiger charge is 2.10. The zero-order valence-corrected chi connectivity index (χ0v) is 14.4. The Kier molecular flexibility index (Phi) is 5.68. The third-order valence-electron chi connectivity index (χ3n) is 3.03. The number of ketones is 1. The molecule has 0 unspecified atom stereocenters. The number of benzene rings is 2. The van der Waals surface area contributed by atoms with Crippen molar-refractivity contribution in [2.75, 3.05) is 7.11 Å². The summed E-state index contributed by atoms with van der Waals surface area (Å²) in [7, 11) is 1.60. The van der Waals surface area contributed by atoms with E-state index in [1.54, 1.807) is 19.2 Å². The second-order valence-corrected chi connectivity index (χ2v) is 6.27. The van der Waals surface area contributed by atoms with Crippen molar-refractivity contribution in [3.63, 3.8) is 0 Å². The quantitative estimate of drug-likeness (QED) is 0.711. The lowest BCUT2D eigenvalue weighted by Gasteiger charge is -2.07. The summed E-state index contributed by atoms with van der Waals surface area (Å²) < 4.78 is 6.07. The van der Waals surface area contributed by atoms with Crippen molar-refractivity contribution in [2.24, 2.45) is 0 Å². The van der Waals surface area contributed by atoms with Gasteiger partial charge in [0.15, 0.2) is 0 Å². The lowest BCUT2D eigenvalue weighted by atomic mass is 10.0. The van der Waals surface area contributed by atoms with E-state index in [-0.39, 0.29) is 5.78 Å². The van der Waals surface area contributed by atoms with Gasteiger partial charge in [-0.25, -0.2) is 0 Å². The van der Waals surface area contributed by atoms with Crippen LogP contribution in [0.3, 0.4) is 0 Å². The molecule has 0 fully saturated rings. The van der Waals surface area contributed by atoms with Crippen molar-refractivity contribution in [1.82, 2.24) is 0 Å². The van der Waals surface area contributed by atoms with Crippen molar-refractivity contribution in [3.05, 3.63) is 62.0 Å². The molecule has 0 aromatic heterocycles. The largest absolute Gasteiger partial charge is 0.497 e. The SMILES string of the molecule is COc1ccc(Br)c(CC(=O)Cc2ccc(Cl)c(Cl)c2)c1. The summed E-state index contributed by atoms with van der Waals surface area (Å²) in [5.74, 6) is 0.831. The predicted octanol–water partition coefficient (Wildman–Crippen LogP) is 5.12. The topological polar surface area (TPSA) is 26.3 Å². The fourth-order valence-corrected chi connectivity index (χ4v) is 2.67. The van der Waals surface area contributed by atoms with Gasteiger partial charge in [0.1, 0.15) is 11.5 Å². The van der Waals surface area contributed by atoms with Crippen molar-refractivity contribution >= 4 is 44.9 Å². The Morgan fingerprint density at radius 1 is 1.10 bits per heavy atom. The smallest absolute Gasteiger partial charge is 0.141 e. The van der Waals surface area contributed by atoms with Crippen LogP contribution in [0.25, 0.3) is 0 Å². The fourth-order valence-electron chi connectivity index (χ4n) is 1.97. The maximum absolute atomic E-state index is 12.2. The highest BCUT2D eigenvalue weighted by molar-refractivity contribution is 9.10. The molecule has 0 bridgehead atoms. The predicted molar refractivity (Wildman–Crippen MR) is 89.6 cm³/mol. The lowest BCUT2D eigenvalue weighted by molar-refractivity contribution is -0.117. The van der Waals surface area contributed by atoms with Crippen molar-refractivity contribution in [1.29, 1.82) is 0 Å². The number of rotatable bonds is 5. The van der Waals surface area contributed by atoms with Crippen LogP contribution in [0, 0.1) is 0 Å². The maximum Gasteiger partial charge on any atom is 0.141 e. The molecule has 0 saturated heterocycles. The van der Waals surface area contributed by atoms with Gasteiger partial charge in [0.05, 0.1) is 17.2 Å². The van der Waals surface area contributed by atoms with Crippen LogP contribution >= 0.6 is 39.1 Å². The first-order chi connectivity index (χ1) is 9.99. The molecule has 110 valence electrons. The van der Waals surface area contributed by atoms with Gasteiger partial charge in [-0.15, -0.1) is 0 Å². The van der Waals surface area contributed by atoms with E-state index in [4.69, 9.17) is 27.9 Å². The van der Waals surface area contributed by atoms with Crippen LogP contribution in [-0.2, 0) is 17.6 Å². The van der Waals surface area contributed by atoms with E-state index in [1.165, 1.54) is 0 Å². The molecule has 2 nitrogen and oxygen atoms in total. The van der Waals surface area contributed by atoms with E-state index in [1.807, 2.05) is 24.3 Å². The van der Waals surface area contributed by atoms with Crippen LogP contribution in [-0.4, -0.2) is 12.9 Å². The number of carbonyl (C=O) groups is 1. The third-order valence-corrected chi connectivity index (χ3v) is 4.54. The van der Waals surface area contributed by atoms with Gasteiger partial charge in [-0.2, -0.15) is 0 Å². The number of hydrogen-bond donors (Lipinski definition) is 0. The number of ether oxygens (including phenoxy) is 1. The Balaban J connectivity index is 2.09. The first-order valence-electron chi connectivity index (χ1n) is 6.27. The molecule has 5 heteroatoms. The maximum atomic E-state index is 12.2. The van der Waals surface area contributed by atoms with Gasteiger partial charge in [-0.05, 0) is 41.5 Å². The minimum Gasteiger partial charge on any atom is -0.497 e. The number of carbonyl (C=O) groups excluding carboxylic acids is 1. The molecule has 2 aromatic carbocycles. The Bertz CT molecular complexity index is 671. The zero-order chi connectivity index (χ0) is 15.4. The third kappa shape index (κ3) is 4.47. The molecule has 2 aromatic rings. The summed E-state index contributed by atoms with van der Waals surface area (Å²) in [6.07, 6.45) is 0.651. The van der Waals surface area contributed by atoms with Crippen LogP contribution < -0.4 is 4.74 Å². The summed E-state index contributed by atoms with van der Waals surface area (Å²) in [6.45, 7) is 0. The van der Waals surface area contributed by atoms with Gasteiger partial charge in [0, 0.05) is 17.3 Å². The highest BCUT2D eigenvalue weighted by atomic mass is 79.9. The van der Waals surface area contributed by atoms with E-state index in [0.29, 0.717) is 22.9 Å². The van der Waals surface area contributed by atoms with Crippen molar-refractivity contribution < 1.29 is 9.53 Å². The van der Waals surface area contributed by atoms with Gasteiger partial charge in [-0.3, -0.25) is 4.79 Å². The zero-order valence-electron chi connectivity index (χ0n) is 11.3. The van der Waals surface area contributed by atoms with Gasteiger partial charge in [0.25, 0.3) is 0 Å². The molecule has 2 rings (SSSR count). The normalized spacial score (nSPS) is 10.5. The number of halogens is 3. The molecular formula is C16H13BrCl2O2. The Labute approximate surface area is 142 Å². The summed E-state index contributed by atoms with van der Waals surface area (Å²) in [6, 6.07) is 10.8. The molecule has 0 spiro atoms. The number of methoxy groups -OCH3 is 1. The molecule has 0 aliphatic heterocycles. The van der Waals surface area contributed by atoms with E-state index in [9.17, 15) is 4.79 Å². The van der Waals surface area contributed by atoms with E-state index in [2.05, 4.69) is 15.9 Å². The Morgan fingerprint density at radius 2 is 1.86 bits per heavy atom.